The summed E-state index contributed by atoms with van der Waals surface area (Å²) in [5, 5.41) is 0.868. The van der Waals surface area contributed by atoms with Gasteiger partial charge in [-0.3, -0.25) is 4.79 Å². The molecule has 0 unspecified atom stereocenters. The average molecular weight is 384 g/mol. The molecule has 0 bridgehead atoms. The van der Waals surface area contributed by atoms with Crippen LogP contribution in [-0.4, -0.2) is 36.3 Å². The number of methoxy groups -OCH3 is 3. The highest BCUT2D eigenvalue weighted by Gasteiger charge is 2.17. The van der Waals surface area contributed by atoms with Gasteiger partial charge >= 0.3 is 0 Å². The highest BCUT2D eigenvalue weighted by molar-refractivity contribution is 7.22. The number of anilines is 1. The zero-order valence-electron chi connectivity index (χ0n) is 14.8. The Morgan fingerprint density at radius 2 is 1.63 bits per heavy atom. The summed E-state index contributed by atoms with van der Waals surface area (Å²) in [7, 11) is 4.61. The maximum atomic E-state index is 12.8. The second kappa shape index (κ2) is 6.44. The molecule has 27 heavy (non-hydrogen) atoms. The third-order valence-corrected chi connectivity index (χ3v) is 5.12. The van der Waals surface area contributed by atoms with Crippen LogP contribution in [0.3, 0.4) is 0 Å². The molecule has 0 saturated carbocycles. The van der Waals surface area contributed by atoms with E-state index in [1.54, 1.807) is 31.4 Å². The zero-order valence-corrected chi connectivity index (χ0v) is 15.6. The molecule has 0 atom stereocenters. The van der Waals surface area contributed by atoms with Crippen LogP contribution in [0.25, 0.3) is 32.5 Å². The molecule has 0 radical (unpaired) electrons. The lowest BCUT2D eigenvalue weighted by atomic mass is 10.1. The molecular weight excluding hydrogens is 368 g/mol. The van der Waals surface area contributed by atoms with Gasteiger partial charge in [0.1, 0.15) is 11.6 Å². The molecule has 0 aliphatic rings. The van der Waals surface area contributed by atoms with Gasteiger partial charge in [-0.2, -0.15) is 0 Å². The van der Waals surface area contributed by atoms with Crippen molar-refractivity contribution < 1.29 is 14.2 Å². The summed E-state index contributed by atoms with van der Waals surface area (Å²) in [6, 6.07) is 6.95. The minimum Gasteiger partial charge on any atom is -0.496 e. The Kier molecular flexibility index (Phi) is 4.08. The summed E-state index contributed by atoms with van der Waals surface area (Å²) in [6.07, 6.45) is 0. The Morgan fingerprint density at radius 3 is 2.33 bits per heavy atom. The first-order valence-corrected chi connectivity index (χ1v) is 8.76. The molecule has 4 aromatic rings. The Labute approximate surface area is 157 Å². The third-order valence-electron chi connectivity index (χ3n) is 4.20. The predicted molar refractivity (Wildman–Crippen MR) is 105 cm³/mol. The summed E-state index contributed by atoms with van der Waals surface area (Å²) in [4.78, 5) is 24.5. The Hall–Kier alpha value is -3.33. The number of hydrogen-bond acceptors (Lipinski definition) is 8. The maximum Gasteiger partial charge on any atom is 0.260 e. The second-order valence-corrected chi connectivity index (χ2v) is 6.71. The average Bonchev–Trinajstić information content (AvgIpc) is 3.06. The van der Waals surface area contributed by atoms with Crippen molar-refractivity contribution in [1.82, 2.24) is 15.0 Å². The van der Waals surface area contributed by atoms with Gasteiger partial charge in [0.25, 0.3) is 5.56 Å². The van der Waals surface area contributed by atoms with Crippen LogP contribution in [-0.2, 0) is 0 Å². The molecule has 0 spiro atoms. The fraction of sp³-hybridized carbons (Fsp3) is 0.167. The molecule has 0 fully saturated rings. The minimum atomic E-state index is -0.277. The van der Waals surface area contributed by atoms with Gasteiger partial charge in [0, 0.05) is 6.07 Å². The van der Waals surface area contributed by atoms with E-state index in [1.165, 1.54) is 25.6 Å². The van der Waals surface area contributed by atoms with Crippen molar-refractivity contribution in [3.8, 4) is 28.6 Å². The lowest BCUT2D eigenvalue weighted by Gasteiger charge is -2.14. The molecule has 138 valence electrons. The molecule has 2 aromatic carbocycles. The number of ether oxygens (including phenoxy) is 3. The van der Waals surface area contributed by atoms with Gasteiger partial charge in [-0.15, -0.1) is 0 Å². The number of thiazole rings is 1. The maximum absolute atomic E-state index is 12.8. The Bertz CT molecular complexity index is 1230. The number of nitrogens with two attached hydrogens (primary N) is 1. The number of rotatable bonds is 4. The molecule has 2 heterocycles. The number of fused-ring (bicyclic) bond motifs is 3. The van der Waals surface area contributed by atoms with E-state index in [1.807, 2.05) is 0 Å². The monoisotopic (exact) mass is 384 g/mol. The van der Waals surface area contributed by atoms with Gasteiger partial charge in [0.15, 0.2) is 16.6 Å². The summed E-state index contributed by atoms with van der Waals surface area (Å²) in [5.74, 6) is 1.88. The van der Waals surface area contributed by atoms with E-state index in [-0.39, 0.29) is 5.56 Å². The van der Waals surface area contributed by atoms with Crippen LogP contribution in [0, 0.1) is 0 Å². The Morgan fingerprint density at radius 1 is 0.963 bits per heavy atom. The van der Waals surface area contributed by atoms with Gasteiger partial charge in [0.05, 0.1) is 48.0 Å². The zero-order chi connectivity index (χ0) is 19.1. The number of hydrogen-bond donors (Lipinski definition) is 2. The van der Waals surface area contributed by atoms with Crippen LogP contribution < -0.4 is 25.5 Å². The highest BCUT2D eigenvalue weighted by Crippen LogP contribution is 2.39. The molecular formula is C18H16N4O4S. The van der Waals surface area contributed by atoms with Gasteiger partial charge in [-0.05, 0) is 18.2 Å². The molecule has 3 N–H and O–H groups in total. The number of benzene rings is 2. The number of H-pyrrole nitrogens is 1. The summed E-state index contributed by atoms with van der Waals surface area (Å²) < 4.78 is 16.8. The molecule has 9 heteroatoms. The molecule has 4 rings (SSSR count). The quantitative estimate of drug-likeness (QED) is 0.556. The number of aromatic amines is 1. The largest absolute Gasteiger partial charge is 0.496 e. The Balaban J connectivity index is 2.00. The van der Waals surface area contributed by atoms with Crippen LogP contribution in [0.5, 0.6) is 17.2 Å². The predicted octanol–water partition coefficient (Wildman–Crippen LogP) is 2.81. The molecule has 0 saturated heterocycles. The van der Waals surface area contributed by atoms with E-state index in [0.717, 1.165) is 0 Å². The number of nitrogen functional groups attached to an aromatic ring is 1. The molecule has 0 aliphatic carbocycles. The number of aromatic nitrogens is 3. The summed E-state index contributed by atoms with van der Waals surface area (Å²) in [6.45, 7) is 0. The van der Waals surface area contributed by atoms with E-state index < -0.39 is 0 Å². The highest BCUT2D eigenvalue weighted by atomic mass is 32.1. The summed E-state index contributed by atoms with van der Waals surface area (Å²) in [5.41, 5.74) is 7.31. The van der Waals surface area contributed by atoms with Crippen LogP contribution in [0.4, 0.5) is 5.13 Å². The van der Waals surface area contributed by atoms with Crippen molar-refractivity contribution in [2.75, 3.05) is 27.1 Å². The van der Waals surface area contributed by atoms with Crippen molar-refractivity contribution in [1.29, 1.82) is 0 Å². The molecule has 8 nitrogen and oxygen atoms in total. The lowest BCUT2D eigenvalue weighted by Crippen LogP contribution is -2.10. The fourth-order valence-corrected chi connectivity index (χ4v) is 3.84. The van der Waals surface area contributed by atoms with E-state index in [0.29, 0.717) is 54.9 Å². The van der Waals surface area contributed by atoms with E-state index in [4.69, 9.17) is 19.9 Å². The van der Waals surface area contributed by atoms with Crippen LogP contribution in [0.15, 0.2) is 29.1 Å². The van der Waals surface area contributed by atoms with Gasteiger partial charge in [0.2, 0.25) is 0 Å². The van der Waals surface area contributed by atoms with Crippen molar-refractivity contribution in [2.45, 2.75) is 0 Å². The van der Waals surface area contributed by atoms with Crippen molar-refractivity contribution in [3.63, 3.8) is 0 Å². The number of nitrogens with one attached hydrogen (secondary N) is 1. The van der Waals surface area contributed by atoms with Gasteiger partial charge in [-0.1, -0.05) is 11.3 Å². The van der Waals surface area contributed by atoms with E-state index in [2.05, 4.69) is 15.0 Å². The molecule has 2 aromatic heterocycles. The van der Waals surface area contributed by atoms with Gasteiger partial charge in [-0.25, -0.2) is 9.97 Å². The van der Waals surface area contributed by atoms with Crippen molar-refractivity contribution in [2.24, 2.45) is 0 Å². The number of nitrogens with zero attached hydrogens (tertiary/aromatic N) is 2. The van der Waals surface area contributed by atoms with Crippen LogP contribution in [0.2, 0.25) is 0 Å². The first-order valence-electron chi connectivity index (χ1n) is 7.95. The van der Waals surface area contributed by atoms with Gasteiger partial charge < -0.3 is 24.9 Å². The standard InChI is InChI=1S/C18H16N4O4S/c1-24-11-7-13(26-3)12(25-2)6-8(11)16-20-9-4-5-10-15(27-18(19)21-10)14(9)17(23)22-16/h4-7H,1-3H3,(H2,19,21)(H,20,22,23). The normalized spacial score (nSPS) is 11.1. The first kappa shape index (κ1) is 17.1. The van der Waals surface area contributed by atoms with E-state index in [9.17, 15) is 4.79 Å². The minimum absolute atomic E-state index is 0.277. The van der Waals surface area contributed by atoms with Crippen LogP contribution in [0.1, 0.15) is 0 Å². The molecule has 0 amide bonds. The van der Waals surface area contributed by atoms with Crippen molar-refractivity contribution >= 4 is 37.6 Å². The van der Waals surface area contributed by atoms with E-state index >= 15 is 0 Å². The second-order valence-electron chi connectivity index (χ2n) is 5.68. The molecule has 0 aliphatic heterocycles. The SMILES string of the molecule is COc1cc(OC)c(-c2nc3ccc4nc(N)sc4c3c(=O)[nH]2)cc1OC. The van der Waals surface area contributed by atoms with Crippen molar-refractivity contribution in [3.05, 3.63) is 34.6 Å². The lowest BCUT2D eigenvalue weighted by molar-refractivity contribution is 0.349. The summed E-state index contributed by atoms with van der Waals surface area (Å²) >= 11 is 1.26. The first-order chi connectivity index (χ1) is 13.0. The third kappa shape index (κ3) is 2.72. The topological polar surface area (TPSA) is 112 Å². The fourth-order valence-electron chi connectivity index (χ4n) is 2.97. The smallest absolute Gasteiger partial charge is 0.260 e. The van der Waals surface area contributed by atoms with Crippen LogP contribution >= 0.6 is 11.3 Å².